The number of aliphatic hydroxyl groups excluding tert-OH is 1. The molecule has 2 rings (SSSR count). The lowest BCUT2D eigenvalue weighted by Gasteiger charge is -2.19. The van der Waals surface area contributed by atoms with Crippen LogP contribution in [0.2, 0.25) is 0 Å². The molecule has 0 aromatic heterocycles. The molecule has 86 valence electrons. The van der Waals surface area contributed by atoms with Crippen LogP contribution < -0.4 is 0 Å². The second kappa shape index (κ2) is 8.42. The zero-order valence-corrected chi connectivity index (χ0v) is 10.0. The number of hydrogen-bond acceptors (Lipinski definition) is 2. The van der Waals surface area contributed by atoms with E-state index in [9.17, 15) is 4.79 Å². The SMILES string of the molecule is CC.CO.O=C1C=CCC2=C1CCCC2. The first-order valence-corrected chi connectivity index (χ1v) is 5.74. The summed E-state index contributed by atoms with van der Waals surface area (Å²) in [5, 5.41) is 7.00. The smallest absolute Gasteiger partial charge is 0.181 e. The van der Waals surface area contributed by atoms with Crippen LogP contribution in [0.4, 0.5) is 0 Å². The van der Waals surface area contributed by atoms with E-state index >= 15 is 0 Å². The number of hydrogen-bond donors (Lipinski definition) is 1. The summed E-state index contributed by atoms with van der Waals surface area (Å²) in [4.78, 5) is 11.3. The highest BCUT2D eigenvalue weighted by molar-refractivity contribution is 6.05. The quantitative estimate of drug-likeness (QED) is 0.667. The second-order valence-corrected chi connectivity index (χ2v) is 3.26. The molecule has 0 saturated carbocycles. The normalized spacial score (nSPS) is 18.3. The number of rotatable bonds is 0. The minimum atomic E-state index is 0.269. The van der Waals surface area contributed by atoms with Crippen molar-refractivity contribution < 1.29 is 9.90 Å². The highest BCUT2D eigenvalue weighted by Gasteiger charge is 2.18. The average Bonchev–Trinajstić information content (AvgIpc) is 2.35. The summed E-state index contributed by atoms with van der Waals surface area (Å²) in [6.45, 7) is 4.00. The van der Waals surface area contributed by atoms with Crippen molar-refractivity contribution in [3.8, 4) is 0 Å². The molecule has 0 unspecified atom stereocenters. The molecule has 2 nitrogen and oxygen atoms in total. The molecule has 0 bridgehead atoms. The van der Waals surface area contributed by atoms with Crippen LogP contribution in [0, 0.1) is 0 Å². The van der Waals surface area contributed by atoms with Gasteiger partial charge in [-0.3, -0.25) is 4.79 Å². The van der Waals surface area contributed by atoms with E-state index in [2.05, 4.69) is 0 Å². The third kappa shape index (κ3) is 4.00. The molecule has 0 aromatic carbocycles. The van der Waals surface area contributed by atoms with E-state index in [1.54, 1.807) is 6.08 Å². The van der Waals surface area contributed by atoms with Crippen molar-refractivity contribution in [3.05, 3.63) is 23.3 Å². The monoisotopic (exact) mass is 210 g/mol. The Bertz CT molecular complexity index is 249. The van der Waals surface area contributed by atoms with Crippen LogP contribution in [0.25, 0.3) is 0 Å². The first-order chi connectivity index (χ1) is 7.38. The maximum Gasteiger partial charge on any atom is 0.181 e. The molecule has 0 aliphatic heterocycles. The Balaban J connectivity index is 0.000000442. The van der Waals surface area contributed by atoms with Gasteiger partial charge >= 0.3 is 0 Å². The van der Waals surface area contributed by atoms with Crippen LogP contribution >= 0.6 is 0 Å². The van der Waals surface area contributed by atoms with E-state index in [1.807, 2.05) is 19.9 Å². The fourth-order valence-electron chi connectivity index (χ4n) is 1.90. The van der Waals surface area contributed by atoms with E-state index in [-0.39, 0.29) is 5.78 Å². The second-order valence-electron chi connectivity index (χ2n) is 3.26. The minimum Gasteiger partial charge on any atom is -0.400 e. The lowest BCUT2D eigenvalue weighted by Crippen LogP contribution is -2.10. The Hall–Kier alpha value is -0.890. The number of allylic oxidation sites excluding steroid dienone is 4. The third-order valence-electron chi connectivity index (χ3n) is 2.51. The zero-order valence-electron chi connectivity index (χ0n) is 10.0. The molecule has 0 heterocycles. The molecule has 15 heavy (non-hydrogen) atoms. The van der Waals surface area contributed by atoms with Gasteiger partial charge in [0.05, 0.1) is 0 Å². The Morgan fingerprint density at radius 1 is 1.13 bits per heavy atom. The van der Waals surface area contributed by atoms with Gasteiger partial charge in [0.15, 0.2) is 5.78 Å². The summed E-state index contributed by atoms with van der Waals surface area (Å²) in [5.74, 6) is 0.269. The third-order valence-corrected chi connectivity index (χ3v) is 2.51. The molecular formula is C13H22O2. The number of ketones is 1. The Morgan fingerprint density at radius 3 is 2.33 bits per heavy atom. The molecule has 2 heteroatoms. The molecular weight excluding hydrogens is 188 g/mol. The van der Waals surface area contributed by atoms with Gasteiger partial charge in [0.1, 0.15) is 0 Å². The van der Waals surface area contributed by atoms with Crippen LogP contribution in [0.15, 0.2) is 23.3 Å². The van der Waals surface area contributed by atoms with Gasteiger partial charge in [0.25, 0.3) is 0 Å². The fraction of sp³-hybridized carbons (Fsp3) is 0.615. The van der Waals surface area contributed by atoms with Crippen molar-refractivity contribution >= 4 is 5.78 Å². The molecule has 0 amide bonds. The summed E-state index contributed by atoms with van der Waals surface area (Å²) < 4.78 is 0. The maximum absolute atomic E-state index is 11.3. The molecule has 0 spiro atoms. The maximum atomic E-state index is 11.3. The van der Waals surface area contributed by atoms with Crippen LogP contribution in [-0.2, 0) is 4.79 Å². The van der Waals surface area contributed by atoms with E-state index in [1.165, 1.54) is 18.4 Å². The summed E-state index contributed by atoms with van der Waals surface area (Å²) in [7, 11) is 1.00. The summed E-state index contributed by atoms with van der Waals surface area (Å²) in [6, 6.07) is 0. The largest absolute Gasteiger partial charge is 0.400 e. The van der Waals surface area contributed by atoms with E-state index < -0.39 is 0 Å². The van der Waals surface area contributed by atoms with Crippen LogP contribution in [0.1, 0.15) is 46.0 Å². The molecule has 0 radical (unpaired) electrons. The first kappa shape index (κ1) is 14.1. The number of aliphatic hydroxyl groups is 1. The molecule has 0 atom stereocenters. The van der Waals surface area contributed by atoms with E-state index in [0.29, 0.717) is 0 Å². The van der Waals surface area contributed by atoms with Crippen LogP contribution in [-0.4, -0.2) is 18.0 Å². The zero-order chi connectivity index (χ0) is 11.7. The van der Waals surface area contributed by atoms with Crippen LogP contribution in [0.5, 0.6) is 0 Å². The van der Waals surface area contributed by atoms with Crippen molar-refractivity contribution in [2.45, 2.75) is 46.0 Å². The lowest BCUT2D eigenvalue weighted by molar-refractivity contribution is -0.111. The lowest BCUT2D eigenvalue weighted by atomic mass is 9.85. The molecule has 0 saturated heterocycles. The van der Waals surface area contributed by atoms with Crippen molar-refractivity contribution in [2.24, 2.45) is 0 Å². The topological polar surface area (TPSA) is 37.3 Å². The van der Waals surface area contributed by atoms with Gasteiger partial charge in [-0.25, -0.2) is 0 Å². The Labute approximate surface area is 92.7 Å². The van der Waals surface area contributed by atoms with Crippen molar-refractivity contribution in [2.75, 3.05) is 7.11 Å². The predicted octanol–water partition coefficient (Wildman–Crippen LogP) is 3.02. The fourth-order valence-corrected chi connectivity index (χ4v) is 1.90. The highest BCUT2D eigenvalue weighted by Crippen LogP contribution is 2.30. The summed E-state index contributed by atoms with van der Waals surface area (Å²) in [5.41, 5.74) is 2.53. The summed E-state index contributed by atoms with van der Waals surface area (Å²) in [6.07, 6.45) is 9.42. The van der Waals surface area contributed by atoms with Crippen molar-refractivity contribution in [1.82, 2.24) is 0 Å². The van der Waals surface area contributed by atoms with Gasteiger partial charge in [-0.2, -0.15) is 0 Å². The van der Waals surface area contributed by atoms with Crippen LogP contribution in [0.3, 0.4) is 0 Å². The van der Waals surface area contributed by atoms with Gasteiger partial charge < -0.3 is 5.11 Å². The Morgan fingerprint density at radius 2 is 1.73 bits per heavy atom. The highest BCUT2D eigenvalue weighted by atomic mass is 16.2. The molecule has 2 aliphatic rings. The van der Waals surface area contributed by atoms with Gasteiger partial charge in [0.2, 0.25) is 0 Å². The molecule has 0 fully saturated rings. The standard InChI is InChI=1S/C10H12O.C2H6.CH4O/c11-10-7-3-5-8-4-1-2-6-9(8)10;2*1-2/h3,7H,1-2,4-6H2;1-2H3;2H,1H3. The number of carbonyl (C=O) groups excluding carboxylic acids is 1. The first-order valence-electron chi connectivity index (χ1n) is 5.74. The van der Waals surface area contributed by atoms with E-state index in [4.69, 9.17) is 5.11 Å². The molecule has 2 aliphatic carbocycles. The van der Waals surface area contributed by atoms with E-state index in [0.717, 1.165) is 31.9 Å². The Kier molecular flexibility index (Phi) is 7.92. The minimum absolute atomic E-state index is 0.269. The van der Waals surface area contributed by atoms with Gasteiger partial charge in [-0.1, -0.05) is 25.5 Å². The molecule has 1 N–H and O–H groups in total. The molecule has 0 aromatic rings. The predicted molar refractivity (Wildman–Crippen MR) is 63.7 cm³/mol. The van der Waals surface area contributed by atoms with Gasteiger partial charge in [0, 0.05) is 7.11 Å². The average molecular weight is 210 g/mol. The number of carbonyl (C=O) groups is 1. The van der Waals surface area contributed by atoms with Gasteiger partial charge in [-0.15, -0.1) is 0 Å². The van der Waals surface area contributed by atoms with Crippen molar-refractivity contribution in [1.29, 1.82) is 0 Å². The van der Waals surface area contributed by atoms with Gasteiger partial charge in [-0.05, 0) is 43.8 Å². The summed E-state index contributed by atoms with van der Waals surface area (Å²) >= 11 is 0. The van der Waals surface area contributed by atoms with Crippen molar-refractivity contribution in [3.63, 3.8) is 0 Å².